The highest BCUT2D eigenvalue weighted by Crippen LogP contribution is 2.44. The molecular weight excluding hydrogens is 317 g/mol. The number of rotatable bonds is 4. The minimum atomic E-state index is -2.68. The molecule has 120 valence electrons. The van der Waals surface area contributed by atoms with Gasteiger partial charge in [0.05, 0.1) is 19.7 Å². The van der Waals surface area contributed by atoms with Crippen molar-refractivity contribution in [3.8, 4) is 0 Å². The Morgan fingerprint density at radius 1 is 0.792 bits per heavy atom. The highest BCUT2D eigenvalue weighted by atomic mass is 31.2. The maximum Gasteiger partial charge on any atom is 0.338 e. The van der Waals surface area contributed by atoms with Crippen molar-refractivity contribution < 1.29 is 9.53 Å². The van der Waals surface area contributed by atoms with Gasteiger partial charge in [-0.2, -0.15) is 0 Å². The molecule has 0 spiro atoms. The van der Waals surface area contributed by atoms with Gasteiger partial charge >= 0.3 is 5.97 Å². The van der Waals surface area contributed by atoms with Crippen LogP contribution < -0.4 is 15.9 Å². The van der Waals surface area contributed by atoms with Crippen molar-refractivity contribution in [1.29, 1.82) is 5.16 Å². The molecular formula is C20H18NO2P. The van der Waals surface area contributed by atoms with Gasteiger partial charge in [-0.05, 0) is 16.7 Å². The second kappa shape index (κ2) is 6.86. The molecule has 0 atom stereocenters. The first-order valence-electron chi connectivity index (χ1n) is 7.61. The summed E-state index contributed by atoms with van der Waals surface area (Å²) in [7, 11) is -1.31. The van der Waals surface area contributed by atoms with Gasteiger partial charge in [-0.3, -0.25) is 0 Å². The fourth-order valence-electron chi connectivity index (χ4n) is 2.78. The number of esters is 1. The largest absolute Gasteiger partial charge is 0.465 e. The van der Waals surface area contributed by atoms with Crippen LogP contribution in [0.5, 0.6) is 0 Å². The van der Waals surface area contributed by atoms with Gasteiger partial charge in [-0.15, -0.1) is 0 Å². The van der Waals surface area contributed by atoms with Gasteiger partial charge in [0.15, 0.2) is 0 Å². The van der Waals surface area contributed by atoms with Gasteiger partial charge in [0.1, 0.15) is 0 Å². The SMILES string of the molecule is COC(=O)c1ccccc1P(=N)(c1ccccc1)c1ccccc1. The summed E-state index contributed by atoms with van der Waals surface area (Å²) < 4.78 is 4.94. The lowest BCUT2D eigenvalue weighted by atomic mass is 10.2. The average molecular weight is 335 g/mol. The van der Waals surface area contributed by atoms with Gasteiger partial charge in [0.25, 0.3) is 0 Å². The summed E-state index contributed by atoms with van der Waals surface area (Å²) in [6.07, 6.45) is 0. The summed E-state index contributed by atoms with van der Waals surface area (Å²) in [5, 5.41) is 12.0. The van der Waals surface area contributed by atoms with Crippen LogP contribution in [0.3, 0.4) is 0 Å². The quantitative estimate of drug-likeness (QED) is 0.586. The van der Waals surface area contributed by atoms with Gasteiger partial charge in [-0.1, -0.05) is 78.9 Å². The van der Waals surface area contributed by atoms with Crippen molar-refractivity contribution in [3.05, 3.63) is 90.5 Å². The third-order valence-electron chi connectivity index (χ3n) is 3.96. The molecule has 3 aromatic rings. The molecule has 24 heavy (non-hydrogen) atoms. The van der Waals surface area contributed by atoms with E-state index >= 15 is 0 Å². The minimum absolute atomic E-state index is 0.408. The Morgan fingerprint density at radius 2 is 1.25 bits per heavy atom. The summed E-state index contributed by atoms with van der Waals surface area (Å²) in [5.74, 6) is -0.408. The molecule has 0 aliphatic carbocycles. The van der Waals surface area contributed by atoms with E-state index in [9.17, 15) is 9.96 Å². The Balaban J connectivity index is 2.33. The number of methoxy groups -OCH3 is 1. The molecule has 0 aromatic heterocycles. The molecule has 0 heterocycles. The van der Waals surface area contributed by atoms with Crippen LogP contribution in [0, 0.1) is 5.16 Å². The Bertz CT molecular complexity index is 848. The number of carbonyl (C=O) groups excluding carboxylic acids is 1. The maximum absolute atomic E-state index is 12.3. The lowest BCUT2D eigenvalue weighted by Crippen LogP contribution is -2.28. The van der Waals surface area contributed by atoms with Gasteiger partial charge in [0, 0.05) is 5.30 Å². The fraction of sp³-hybridized carbons (Fsp3) is 0.0500. The second-order valence-corrected chi connectivity index (χ2v) is 8.21. The van der Waals surface area contributed by atoms with Crippen molar-refractivity contribution in [1.82, 2.24) is 0 Å². The van der Waals surface area contributed by atoms with Crippen molar-refractivity contribution >= 4 is 28.9 Å². The third kappa shape index (κ3) is 2.79. The molecule has 0 amide bonds. The molecule has 1 N–H and O–H groups in total. The fourth-order valence-corrected chi connectivity index (χ4v) is 5.71. The number of hydrogen-bond donors (Lipinski definition) is 1. The zero-order chi connectivity index (χ0) is 17.0. The average Bonchev–Trinajstić information content (AvgIpc) is 2.68. The van der Waals surface area contributed by atoms with Gasteiger partial charge < -0.3 is 9.90 Å². The first-order chi connectivity index (χ1) is 11.7. The standard InChI is InChI=1S/C20H18NO2P/c1-23-20(22)18-14-8-9-15-19(18)24(21,16-10-4-2-5-11-16)17-12-6-3-7-13-17/h2-15,21H,1H3. The molecule has 3 rings (SSSR count). The first kappa shape index (κ1) is 16.2. The molecule has 0 aliphatic heterocycles. The number of benzene rings is 3. The highest BCUT2D eigenvalue weighted by Gasteiger charge is 2.29. The van der Waals surface area contributed by atoms with E-state index in [-0.39, 0.29) is 0 Å². The molecule has 0 aliphatic rings. The van der Waals surface area contributed by atoms with Crippen LogP contribution in [0.15, 0.2) is 84.9 Å². The summed E-state index contributed by atoms with van der Waals surface area (Å²) in [6.45, 7) is 0. The normalized spacial score (nSPS) is 11.0. The molecule has 4 heteroatoms. The zero-order valence-corrected chi connectivity index (χ0v) is 14.2. The number of carbonyl (C=O) groups is 1. The third-order valence-corrected chi connectivity index (χ3v) is 7.22. The van der Waals surface area contributed by atoms with Crippen LogP contribution in [-0.4, -0.2) is 13.1 Å². The van der Waals surface area contributed by atoms with Gasteiger partial charge in [-0.25, -0.2) is 4.79 Å². The Morgan fingerprint density at radius 3 is 1.75 bits per heavy atom. The van der Waals surface area contributed by atoms with E-state index in [1.165, 1.54) is 7.11 Å². The first-order valence-corrected chi connectivity index (χ1v) is 9.40. The highest BCUT2D eigenvalue weighted by molar-refractivity contribution is 7.86. The Hall–Kier alpha value is -2.64. The maximum atomic E-state index is 12.3. The summed E-state index contributed by atoms with van der Waals surface area (Å²) in [5.41, 5.74) is 0.455. The predicted octanol–water partition coefficient (Wildman–Crippen LogP) is 3.53. The van der Waals surface area contributed by atoms with Crippen molar-refractivity contribution in [2.75, 3.05) is 7.11 Å². The van der Waals surface area contributed by atoms with Crippen molar-refractivity contribution in [2.45, 2.75) is 0 Å². The zero-order valence-electron chi connectivity index (χ0n) is 13.3. The van der Waals surface area contributed by atoms with E-state index < -0.39 is 13.0 Å². The topological polar surface area (TPSA) is 50.2 Å². The van der Waals surface area contributed by atoms with E-state index in [0.29, 0.717) is 10.9 Å². The van der Waals surface area contributed by atoms with E-state index in [2.05, 4.69) is 0 Å². The number of ether oxygens (including phenoxy) is 1. The second-order valence-electron chi connectivity index (χ2n) is 5.35. The Kier molecular flexibility index (Phi) is 4.64. The molecule has 0 radical (unpaired) electrons. The number of nitrogens with one attached hydrogen (secondary N) is 1. The predicted molar refractivity (Wildman–Crippen MR) is 99.2 cm³/mol. The minimum Gasteiger partial charge on any atom is -0.465 e. The van der Waals surface area contributed by atoms with Crippen LogP contribution >= 0.6 is 7.05 Å². The summed E-state index contributed by atoms with van der Waals surface area (Å²) in [6, 6.07) is 26.7. The van der Waals surface area contributed by atoms with Crippen molar-refractivity contribution in [3.63, 3.8) is 0 Å². The molecule has 3 aromatic carbocycles. The molecule has 3 nitrogen and oxygen atoms in total. The molecule has 0 saturated heterocycles. The molecule has 0 bridgehead atoms. The van der Waals surface area contributed by atoms with Crippen LogP contribution in [0.1, 0.15) is 10.4 Å². The lowest BCUT2D eigenvalue weighted by Gasteiger charge is -2.25. The van der Waals surface area contributed by atoms with Crippen LogP contribution in [0.2, 0.25) is 0 Å². The van der Waals surface area contributed by atoms with Crippen LogP contribution in [0.25, 0.3) is 0 Å². The molecule has 0 saturated carbocycles. The lowest BCUT2D eigenvalue weighted by molar-refractivity contribution is 0.0602. The van der Waals surface area contributed by atoms with E-state index in [4.69, 9.17) is 4.74 Å². The number of hydrogen-bond acceptors (Lipinski definition) is 3. The smallest absolute Gasteiger partial charge is 0.338 e. The Labute approximate surface area is 141 Å². The molecule has 0 unspecified atom stereocenters. The monoisotopic (exact) mass is 335 g/mol. The van der Waals surface area contributed by atoms with Crippen LogP contribution in [-0.2, 0) is 4.74 Å². The van der Waals surface area contributed by atoms with E-state index in [1.807, 2.05) is 72.8 Å². The van der Waals surface area contributed by atoms with E-state index in [1.54, 1.807) is 12.1 Å². The van der Waals surface area contributed by atoms with E-state index in [0.717, 1.165) is 10.6 Å². The van der Waals surface area contributed by atoms with Gasteiger partial charge in [0.2, 0.25) is 0 Å². The van der Waals surface area contributed by atoms with Crippen molar-refractivity contribution in [2.24, 2.45) is 0 Å². The summed E-state index contributed by atoms with van der Waals surface area (Å²) in [4.78, 5) is 12.3. The summed E-state index contributed by atoms with van der Waals surface area (Å²) >= 11 is 0. The molecule has 0 fully saturated rings. The van der Waals surface area contributed by atoms with Crippen LogP contribution in [0.4, 0.5) is 0 Å².